The molecule has 0 aliphatic carbocycles. The highest BCUT2D eigenvalue weighted by molar-refractivity contribution is 5.80. The molecule has 0 saturated carbocycles. The van der Waals surface area contributed by atoms with Gasteiger partial charge in [-0.25, -0.2) is 0 Å². The van der Waals surface area contributed by atoms with E-state index < -0.39 is 5.97 Å². The Kier molecular flexibility index (Phi) is 4.26. The smallest absolute Gasteiger partial charge is 0.222 e. The minimum absolute atomic E-state index is 0.156. The minimum atomic E-state index is -1.23. The number of hydrogen-bond donors (Lipinski definition) is 0. The quantitative estimate of drug-likeness (QED) is 0.527. The molecule has 1 amide bonds. The second kappa shape index (κ2) is 4.71. The third kappa shape index (κ3) is 4.36. The molecule has 0 bridgehead atoms. The molecule has 0 aliphatic rings. The van der Waals surface area contributed by atoms with Crippen LogP contribution in [0, 0.1) is 0 Å². The molecule has 11 heavy (non-hydrogen) atoms. The lowest BCUT2D eigenvalue weighted by Gasteiger charge is -2.16. The van der Waals surface area contributed by atoms with Crippen LogP contribution >= 0.6 is 0 Å². The summed E-state index contributed by atoms with van der Waals surface area (Å²) in [5.74, 6) is -1.38. The first-order valence-corrected chi connectivity index (χ1v) is 3.51. The van der Waals surface area contributed by atoms with Gasteiger partial charge in [-0.1, -0.05) is 6.92 Å². The Morgan fingerprint density at radius 3 is 2.36 bits per heavy atom. The van der Waals surface area contributed by atoms with Crippen LogP contribution in [0.25, 0.3) is 0 Å². The van der Waals surface area contributed by atoms with Gasteiger partial charge in [0.15, 0.2) is 0 Å². The van der Waals surface area contributed by atoms with Gasteiger partial charge in [-0.15, -0.1) is 0 Å². The lowest BCUT2D eigenvalue weighted by Crippen LogP contribution is -2.38. The number of hydrogen-bond acceptors (Lipinski definition) is 3. The molecular weight excluding hydrogens is 146 g/mol. The topological polar surface area (TPSA) is 60.4 Å². The van der Waals surface area contributed by atoms with Crippen LogP contribution in [0.3, 0.4) is 0 Å². The summed E-state index contributed by atoms with van der Waals surface area (Å²) in [7, 11) is 1.45. The zero-order valence-corrected chi connectivity index (χ0v) is 6.79. The summed E-state index contributed by atoms with van der Waals surface area (Å²) in [5, 5.41) is 10.0. The number of rotatable bonds is 4. The average Bonchev–Trinajstić information content (AvgIpc) is 1.86. The first kappa shape index (κ1) is 9.94. The van der Waals surface area contributed by atoms with Crippen LogP contribution in [0.15, 0.2) is 0 Å². The van der Waals surface area contributed by atoms with Crippen LogP contribution in [0.2, 0.25) is 0 Å². The van der Waals surface area contributed by atoms with E-state index >= 15 is 0 Å². The van der Waals surface area contributed by atoms with E-state index in [1.807, 2.05) is 6.92 Å². The highest BCUT2D eigenvalue weighted by Gasteiger charge is 2.05. The normalized spacial score (nSPS) is 9.27. The van der Waals surface area contributed by atoms with Gasteiger partial charge in [0.25, 0.3) is 0 Å². The van der Waals surface area contributed by atoms with Crippen LogP contribution in [0.4, 0.5) is 0 Å². The first-order valence-electron chi connectivity index (χ1n) is 3.51. The number of carbonyl (C=O) groups excluding carboxylic acids is 2. The van der Waals surface area contributed by atoms with Crippen molar-refractivity contribution in [2.45, 2.75) is 19.8 Å². The van der Waals surface area contributed by atoms with Crippen LogP contribution in [-0.2, 0) is 9.59 Å². The standard InChI is InChI=1S/C7H13NO3/c1-3-4-6(9)8(2)5-7(10)11/h3-5H2,1-2H3,(H,10,11)/p-1. The largest absolute Gasteiger partial charge is 0.548 e. The Balaban J connectivity index is 3.73. The van der Waals surface area contributed by atoms with Gasteiger partial charge in [-0.3, -0.25) is 4.79 Å². The minimum Gasteiger partial charge on any atom is -0.548 e. The Morgan fingerprint density at radius 2 is 2.00 bits per heavy atom. The van der Waals surface area contributed by atoms with E-state index in [9.17, 15) is 14.7 Å². The van der Waals surface area contributed by atoms with Gasteiger partial charge >= 0.3 is 0 Å². The molecule has 0 N–H and O–H groups in total. The van der Waals surface area contributed by atoms with Crippen LogP contribution in [0.5, 0.6) is 0 Å². The SMILES string of the molecule is CCCC(=O)N(C)CC(=O)[O-]. The molecule has 0 radical (unpaired) electrons. The van der Waals surface area contributed by atoms with E-state index in [0.29, 0.717) is 6.42 Å². The van der Waals surface area contributed by atoms with E-state index in [-0.39, 0.29) is 12.5 Å². The van der Waals surface area contributed by atoms with Gasteiger partial charge in [0.2, 0.25) is 5.91 Å². The Hall–Kier alpha value is -1.06. The molecule has 4 heteroatoms. The fourth-order valence-electron chi connectivity index (χ4n) is 0.687. The molecule has 64 valence electrons. The molecule has 4 nitrogen and oxygen atoms in total. The van der Waals surface area contributed by atoms with Crippen molar-refractivity contribution in [1.82, 2.24) is 4.90 Å². The number of nitrogens with zero attached hydrogens (tertiary/aromatic N) is 1. The molecule has 0 aromatic carbocycles. The molecule has 0 aliphatic heterocycles. The van der Waals surface area contributed by atoms with Crippen molar-refractivity contribution < 1.29 is 14.7 Å². The second-order valence-electron chi connectivity index (χ2n) is 2.37. The summed E-state index contributed by atoms with van der Waals surface area (Å²) in [6, 6.07) is 0. The number of aliphatic carboxylic acids is 1. The molecule has 0 saturated heterocycles. The number of carboxylic acid groups (broad SMARTS) is 1. The third-order valence-corrected chi connectivity index (χ3v) is 1.26. The van der Waals surface area contributed by atoms with Gasteiger partial charge in [-0.2, -0.15) is 0 Å². The molecule has 0 unspecified atom stereocenters. The zero-order chi connectivity index (χ0) is 8.85. The van der Waals surface area contributed by atoms with E-state index in [4.69, 9.17) is 0 Å². The van der Waals surface area contributed by atoms with E-state index in [0.717, 1.165) is 11.3 Å². The number of amides is 1. The van der Waals surface area contributed by atoms with E-state index in [2.05, 4.69) is 0 Å². The predicted molar refractivity (Wildman–Crippen MR) is 37.6 cm³/mol. The summed E-state index contributed by atoms with van der Waals surface area (Å²) in [5.41, 5.74) is 0. The van der Waals surface area contributed by atoms with Crippen molar-refractivity contribution in [3.05, 3.63) is 0 Å². The van der Waals surface area contributed by atoms with Crippen molar-refractivity contribution in [2.75, 3.05) is 13.6 Å². The molecule has 0 aromatic rings. The number of carboxylic acids is 1. The Labute approximate surface area is 65.8 Å². The van der Waals surface area contributed by atoms with Crippen molar-refractivity contribution in [1.29, 1.82) is 0 Å². The molecule has 0 heterocycles. The van der Waals surface area contributed by atoms with E-state index in [1.165, 1.54) is 7.05 Å². The van der Waals surface area contributed by atoms with Gasteiger partial charge in [0.05, 0.1) is 12.5 Å². The van der Waals surface area contributed by atoms with Gasteiger partial charge in [0.1, 0.15) is 0 Å². The lowest BCUT2D eigenvalue weighted by atomic mass is 10.3. The van der Waals surface area contributed by atoms with Crippen molar-refractivity contribution >= 4 is 11.9 Å². The Morgan fingerprint density at radius 1 is 1.45 bits per heavy atom. The monoisotopic (exact) mass is 158 g/mol. The molecule has 0 spiro atoms. The lowest BCUT2D eigenvalue weighted by molar-refractivity contribution is -0.305. The highest BCUT2D eigenvalue weighted by Crippen LogP contribution is 1.92. The predicted octanol–water partition coefficient (Wildman–Crippen LogP) is -1.01. The molecular formula is C7H12NO3-. The maximum Gasteiger partial charge on any atom is 0.222 e. The fourth-order valence-corrected chi connectivity index (χ4v) is 0.687. The van der Waals surface area contributed by atoms with Gasteiger partial charge in [-0.05, 0) is 6.42 Å². The third-order valence-electron chi connectivity index (χ3n) is 1.26. The number of carbonyl (C=O) groups is 2. The van der Waals surface area contributed by atoms with Gasteiger partial charge in [0, 0.05) is 13.5 Å². The molecule has 0 rings (SSSR count). The Bertz CT molecular complexity index is 156. The summed E-state index contributed by atoms with van der Waals surface area (Å²) in [6.07, 6.45) is 1.13. The maximum absolute atomic E-state index is 10.9. The first-order chi connectivity index (χ1) is 5.07. The van der Waals surface area contributed by atoms with Crippen LogP contribution in [0.1, 0.15) is 19.8 Å². The van der Waals surface area contributed by atoms with Crippen LogP contribution in [-0.4, -0.2) is 30.4 Å². The summed E-state index contributed by atoms with van der Waals surface area (Å²) in [4.78, 5) is 22.1. The molecule has 0 atom stereocenters. The van der Waals surface area contributed by atoms with Crippen molar-refractivity contribution in [3.63, 3.8) is 0 Å². The van der Waals surface area contributed by atoms with Gasteiger partial charge < -0.3 is 14.8 Å². The fraction of sp³-hybridized carbons (Fsp3) is 0.714. The number of likely N-dealkylation sites (N-methyl/N-ethyl adjacent to an activating group) is 1. The average molecular weight is 158 g/mol. The van der Waals surface area contributed by atoms with Crippen molar-refractivity contribution in [2.24, 2.45) is 0 Å². The van der Waals surface area contributed by atoms with E-state index in [1.54, 1.807) is 0 Å². The molecule has 0 aromatic heterocycles. The second-order valence-corrected chi connectivity index (χ2v) is 2.37. The summed E-state index contributed by atoms with van der Waals surface area (Å²) < 4.78 is 0. The zero-order valence-electron chi connectivity index (χ0n) is 6.79. The molecule has 0 fully saturated rings. The van der Waals surface area contributed by atoms with Crippen LogP contribution < -0.4 is 5.11 Å². The highest BCUT2D eigenvalue weighted by atomic mass is 16.4. The van der Waals surface area contributed by atoms with Crippen molar-refractivity contribution in [3.8, 4) is 0 Å². The summed E-state index contributed by atoms with van der Waals surface area (Å²) >= 11 is 0. The summed E-state index contributed by atoms with van der Waals surface area (Å²) in [6.45, 7) is 1.55. The maximum atomic E-state index is 10.9.